The van der Waals surface area contributed by atoms with Crippen LogP contribution in [0.2, 0.25) is 0 Å². The minimum atomic E-state index is -4.44. The van der Waals surface area contributed by atoms with Gasteiger partial charge < -0.3 is 10.2 Å². The number of aromatic carboxylic acids is 2. The summed E-state index contributed by atoms with van der Waals surface area (Å²) in [5, 5.41) is 18.5. The number of carboxylic acid groups (broad SMARTS) is 2. The molecule has 3 rings (SSSR count). The van der Waals surface area contributed by atoms with Crippen LogP contribution in [0.3, 0.4) is 0 Å². The maximum atomic E-state index is 13.6. The molecule has 0 saturated carbocycles. The van der Waals surface area contributed by atoms with Gasteiger partial charge in [0.15, 0.2) is 9.84 Å². The molecule has 2 aromatic carbocycles. The molecule has 1 atom stereocenters. The van der Waals surface area contributed by atoms with E-state index in [-0.39, 0.29) is 44.2 Å². The summed E-state index contributed by atoms with van der Waals surface area (Å²) >= 11 is 0. The SMILES string of the molecule is Cc1ccc(C(=O)O)cc1S(=O)(=O)NCCN([C@@H]1CCS(=O)(=O)C1)S(=O)(=O)c1cc(C(=O)O)ccc1C. The van der Waals surface area contributed by atoms with Crippen LogP contribution in [-0.2, 0) is 29.9 Å². The zero-order chi connectivity index (χ0) is 27.8. The van der Waals surface area contributed by atoms with E-state index in [1.807, 2.05) is 0 Å². The Bertz CT molecular complexity index is 1570. The Kier molecular flexibility index (Phi) is 8.14. The number of rotatable bonds is 10. The lowest BCUT2D eigenvalue weighted by Gasteiger charge is -2.28. The number of hydrogen-bond acceptors (Lipinski definition) is 8. The third-order valence-electron chi connectivity index (χ3n) is 5.99. The summed E-state index contributed by atoms with van der Waals surface area (Å²) in [5.41, 5.74) is -0.0275. The molecule has 1 fully saturated rings. The van der Waals surface area contributed by atoms with Gasteiger partial charge in [-0.3, -0.25) is 0 Å². The maximum absolute atomic E-state index is 13.6. The van der Waals surface area contributed by atoms with E-state index >= 15 is 0 Å². The van der Waals surface area contributed by atoms with Gasteiger partial charge in [-0.1, -0.05) is 12.1 Å². The van der Waals surface area contributed by atoms with Crippen molar-refractivity contribution >= 4 is 41.8 Å². The molecule has 202 valence electrons. The monoisotopic (exact) mass is 574 g/mol. The van der Waals surface area contributed by atoms with Crippen molar-refractivity contribution in [3.8, 4) is 0 Å². The number of hydrogen-bond donors (Lipinski definition) is 3. The van der Waals surface area contributed by atoms with Gasteiger partial charge in [0, 0.05) is 19.1 Å². The Balaban J connectivity index is 1.94. The number of nitrogens with one attached hydrogen (secondary N) is 1. The molecular formula is C22H26N2O10S3. The molecule has 2 aromatic rings. The fourth-order valence-electron chi connectivity index (χ4n) is 4.03. The lowest BCUT2D eigenvalue weighted by atomic mass is 10.1. The zero-order valence-electron chi connectivity index (χ0n) is 19.9. The predicted octanol–water partition coefficient (Wildman–Crippen LogP) is 0.856. The van der Waals surface area contributed by atoms with Crippen LogP contribution in [0.1, 0.15) is 38.3 Å². The van der Waals surface area contributed by atoms with Gasteiger partial charge in [-0.05, 0) is 55.7 Å². The Hall–Kier alpha value is -2.85. The number of carbonyl (C=O) groups is 2. The molecule has 37 heavy (non-hydrogen) atoms. The van der Waals surface area contributed by atoms with Gasteiger partial charge >= 0.3 is 11.9 Å². The predicted molar refractivity (Wildman–Crippen MR) is 132 cm³/mol. The molecule has 0 spiro atoms. The largest absolute Gasteiger partial charge is 0.478 e. The Morgan fingerprint density at radius 1 is 0.946 bits per heavy atom. The highest BCUT2D eigenvalue weighted by Crippen LogP contribution is 2.27. The van der Waals surface area contributed by atoms with E-state index in [1.165, 1.54) is 38.1 Å². The molecule has 0 radical (unpaired) electrons. The van der Waals surface area contributed by atoms with Gasteiger partial charge in [0.25, 0.3) is 0 Å². The standard InChI is InChI=1S/C22H26N2O10S3/c1-14-3-5-16(21(25)26)11-19(14)36(31,32)23-8-9-24(18-7-10-35(29,30)13-18)37(33,34)20-12-17(22(27)28)6-4-15(20)2/h3-6,11-12,18,23H,7-10,13H2,1-2H3,(H,25,26)(H,27,28)/t18-/m1/s1. The highest BCUT2D eigenvalue weighted by atomic mass is 32.2. The number of nitrogens with zero attached hydrogens (tertiary/aromatic N) is 1. The summed E-state index contributed by atoms with van der Waals surface area (Å²) in [7, 11) is -12.2. The van der Waals surface area contributed by atoms with E-state index in [1.54, 1.807) is 0 Å². The third-order valence-corrected chi connectivity index (χ3v) is 11.4. The molecule has 1 aliphatic heterocycles. The highest BCUT2D eigenvalue weighted by Gasteiger charge is 2.39. The van der Waals surface area contributed by atoms with E-state index in [4.69, 9.17) is 0 Å². The van der Waals surface area contributed by atoms with Crippen molar-refractivity contribution in [2.24, 2.45) is 0 Å². The van der Waals surface area contributed by atoms with Crippen molar-refractivity contribution in [1.82, 2.24) is 9.03 Å². The van der Waals surface area contributed by atoms with Gasteiger partial charge in [-0.2, -0.15) is 4.31 Å². The van der Waals surface area contributed by atoms with Gasteiger partial charge in [0.1, 0.15) is 0 Å². The van der Waals surface area contributed by atoms with Crippen LogP contribution < -0.4 is 4.72 Å². The molecule has 15 heteroatoms. The first-order chi connectivity index (χ1) is 17.0. The molecule has 3 N–H and O–H groups in total. The molecule has 0 bridgehead atoms. The summed E-state index contributed by atoms with van der Waals surface area (Å²) in [6, 6.07) is 6.12. The van der Waals surface area contributed by atoms with E-state index in [2.05, 4.69) is 4.72 Å². The fourth-order valence-corrected chi connectivity index (χ4v) is 9.05. The number of sulfone groups is 1. The zero-order valence-corrected chi connectivity index (χ0v) is 22.4. The van der Waals surface area contributed by atoms with Crippen LogP contribution in [0.5, 0.6) is 0 Å². The average molecular weight is 575 g/mol. The van der Waals surface area contributed by atoms with Gasteiger partial charge in [0.2, 0.25) is 20.0 Å². The molecule has 0 aliphatic carbocycles. The van der Waals surface area contributed by atoms with Crippen molar-refractivity contribution < 1.29 is 45.1 Å². The second-order valence-electron chi connectivity index (χ2n) is 8.64. The lowest BCUT2D eigenvalue weighted by molar-refractivity contribution is 0.0685. The number of carboxylic acids is 2. The summed E-state index contributed by atoms with van der Waals surface area (Å²) in [4.78, 5) is 22.0. The van der Waals surface area contributed by atoms with E-state index in [0.29, 0.717) is 0 Å². The minimum Gasteiger partial charge on any atom is -0.478 e. The first kappa shape index (κ1) is 28.7. The van der Waals surface area contributed by atoms with Crippen LogP contribution >= 0.6 is 0 Å². The molecule has 0 aromatic heterocycles. The smallest absolute Gasteiger partial charge is 0.335 e. The van der Waals surface area contributed by atoms with Crippen LogP contribution in [-0.4, -0.2) is 82.3 Å². The third kappa shape index (κ3) is 6.35. The average Bonchev–Trinajstić information content (AvgIpc) is 3.15. The van der Waals surface area contributed by atoms with E-state index in [9.17, 15) is 45.1 Å². The van der Waals surface area contributed by atoms with Crippen molar-refractivity contribution in [3.05, 3.63) is 58.7 Å². The van der Waals surface area contributed by atoms with Gasteiger partial charge in [0.05, 0.1) is 32.4 Å². The van der Waals surface area contributed by atoms with Crippen LogP contribution in [0.4, 0.5) is 0 Å². The first-order valence-electron chi connectivity index (χ1n) is 10.9. The van der Waals surface area contributed by atoms with Gasteiger partial charge in [-0.15, -0.1) is 0 Å². The van der Waals surface area contributed by atoms with Crippen LogP contribution in [0, 0.1) is 13.8 Å². The van der Waals surface area contributed by atoms with Gasteiger partial charge in [-0.25, -0.2) is 39.6 Å². The second-order valence-corrected chi connectivity index (χ2v) is 14.5. The van der Waals surface area contributed by atoms with Crippen molar-refractivity contribution in [2.45, 2.75) is 36.1 Å². The number of benzene rings is 2. The summed E-state index contributed by atoms with van der Waals surface area (Å²) in [6.07, 6.45) is -0.00819. The van der Waals surface area contributed by atoms with Crippen molar-refractivity contribution in [2.75, 3.05) is 24.6 Å². The van der Waals surface area contributed by atoms with Crippen molar-refractivity contribution in [3.63, 3.8) is 0 Å². The summed E-state index contributed by atoms with van der Waals surface area (Å²) in [6.45, 7) is 2.03. The quantitative estimate of drug-likeness (QED) is 0.366. The topological polar surface area (TPSA) is 192 Å². The summed E-state index contributed by atoms with van der Waals surface area (Å²) in [5.74, 6) is -3.38. The molecule has 1 aliphatic rings. The Morgan fingerprint density at radius 3 is 1.95 bits per heavy atom. The first-order valence-corrected chi connectivity index (χ1v) is 15.7. The molecule has 0 amide bonds. The second kappa shape index (κ2) is 10.5. The molecule has 1 heterocycles. The number of sulfonamides is 2. The van der Waals surface area contributed by atoms with E-state index < -0.39 is 66.7 Å². The minimum absolute atomic E-state index is 0.00819. The van der Waals surface area contributed by atoms with Crippen molar-refractivity contribution in [1.29, 1.82) is 0 Å². The maximum Gasteiger partial charge on any atom is 0.335 e. The molecule has 0 unspecified atom stereocenters. The van der Waals surface area contributed by atoms with Crippen LogP contribution in [0.15, 0.2) is 46.2 Å². The molecule has 12 nitrogen and oxygen atoms in total. The normalized spacial score (nSPS) is 17.6. The highest BCUT2D eigenvalue weighted by molar-refractivity contribution is 7.92. The van der Waals surface area contributed by atoms with Crippen LogP contribution in [0.25, 0.3) is 0 Å². The Labute approximate surface area is 215 Å². The fraction of sp³-hybridized carbons (Fsp3) is 0.364. The summed E-state index contributed by atoms with van der Waals surface area (Å²) < 4.78 is 80.4. The Morgan fingerprint density at radius 2 is 1.46 bits per heavy atom. The lowest BCUT2D eigenvalue weighted by Crippen LogP contribution is -2.45. The molecular weight excluding hydrogens is 548 g/mol. The molecule has 1 saturated heterocycles. The van der Waals surface area contributed by atoms with E-state index in [0.717, 1.165) is 16.4 Å². The number of aryl methyl sites for hydroxylation is 2.